The van der Waals surface area contributed by atoms with E-state index in [0.29, 0.717) is 12.2 Å². The van der Waals surface area contributed by atoms with Crippen molar-refractivity contribution in [2.45, 2.75) is 64.6 Å². The maximum absolute atomic E-state index is 13.2. The molecule has 0 aliphatic heterocycles. The molecule has 136 valence electrons. The van der Waals surface area contributed by atoms with E-state index < -0.39 is 17.3 Å². The summed E-state index contributed by atoms with van der Waals surface area (Å²) in [6.07, 6.45) is 3.94. The number of alkyl halides is 3. The summed E-state index contributed by atoms with van der Waals surface area (Å²) in [5.41, 5.74) is 4.95. The van der Waals surface area contributed by atoms with Crippen LogP contribution in [0.1, 0.15) is 64.0 Å². The summed E-state index contributed by atoms with van der Waals surface area (Å²) in [7, 11) is 0. The van der Waals surface area contributed by atoms with Crippen LogP contribution < -0.4 is 10.5 Å². The van der Waals surface area contributed by atoms with E-state index in [4.69, 9.17) is 10.5 Å². The molecule has 0 saturated heterocycles. The molecule has 0 unspecified atom stereocenters. The van der Waals surface area contributed by atoms with Gasteiger partial charge in [-0.3, -0.25) is 0 Å². The molecular formula is C19H28F3NO. The quantitative estimate of drug-likeness (QED) is 0.575. The number of unbranched alkanes of at least 4 members (excludes halogenated alkanes) is 4. The first kappa shape index (κ1) is 20.6. The Morgan fingerprint density at radius 2 is 1.75 bits per heavy atom. The van der Waals surface area contributed by atoms with Crippen LogP contribution in [0.5, 0.6) is 5.75 Å². The number of rotatable bonds is 9. The first-order valence-corrected chi connectivity index (χ1v) is 8.45. The highest BCUT2D eigenvalue weighted by molar-refractivity contribution is 5.55. The van der Waals surface area contributed by atoms with Crippen LogP contribution >= 0.6 is 0 Å². The average molecular weight is 343 g/mol. The van der Waals surface area contributed by atoms with E-state index in [2.05, 4.69) is 6.92 Å². The van der Waals surface area contributed by atoms with E-state index in [9.17, 15) is 13.2 Å². The molecule has 0 atom stereocenters. The van der Waals surface area contributed by atoms with E-state index in [0.717, 1.165) is 38.2 Å². The smallest absolute Gasteiger partial charge is 0.419 e. The molecule has 0 fully saturated rings. The summed E-state index contributed by atoms with van der Waals surface area (Å²) in [4.78, 5) is 0. The first-order chi connectivity index (χ1) is 11.1. The molecular weight excluding hydrogens is 315 g/mol. The molecule has 1 rings (SSSR count). The third-order valence-corrected chi connectivity index (χ3v) is 3.52. The van der Waals surface area contributed by atoms with E-state index in [1.54, 1.807) is 32.1 Å². The zero-order chi connectivity index (χ0) is 18.2. The molecule has 1 aromatic carbocycles. The number of nitrogens with two attached hydrogens (primary N) is 1. The van der Waals surface area contributed by atoms with E-state index in [1.165, 1.54) is 6.07 Å². The van der Waals surface area contributed by atoms with Crippen LogP contribution in [0.2, 0.25) is 0 Å². The zero-order valence-electron chi connectivity index (χ0n) is 14.7. The van der Waals surface area contributed by atoms with E-state index in [1.807, 2.05) is 0 Å². The predicted molar refractivity (Wildman–Crippen MR) is 93.0 cm³/mol. The zero-order valence-corrected chi connectivity index (χ0v) is 14.7. The summed E-state index contributed by atoms with van der Waals surface area (Å²) >= 11 is 0. The first-order valence-electron chi connectivity index (χ1n) is 8.45. The van der Waals surface area contributed by atoms with E-state index in [-0.39, 0.29) is 5.75 Å². The van der Waals surface area contributed by atoms with Crippen LogP contribution in [0.25, 0.3) is 6.08 Å². The summed E-state index contributed by atoms with van der Waals surface area (Å²) in [5, 5.41) is 0. The molecule has 0 spiro atoms. The fourth-order valence-corrected chi connectivity index (χ4v) is 2.20. The molecule has 5 heteroatoms. The lowest BCUT2D eigenvalue weighted by Gasteiger charge is -2.15. The Kier molecular flexibility index (Phi) is 7.80. The van der Waals surface area contributed by atoms with Gasteiger partial charge in [0.1, 0.15) is 5.75 Å². The Balaban J connectivity index is 2.79. The van der Waals surface area contributed by atoms with Crippen molar-refractivity contribution in [3.8, 4) is 5.75 Å². The Morgan fingerprint density at radius 1 is 1.08 bits per heavy atom. The largest absolute Gasteiger partial charge is 0.493 e. The Bertz CT molecular complexity index is 530. The van der Waals surface area contributed by atoms with Crippen LogP contribution in [0.4, 0.5) is 13.2 Å². The van der Waals surface area contributed by atoms with Gasteiger partial charge >= 0.3 is 6.18 Å². The van der Waals surface area contributed by atoms with Crippen molar-refractivity contribution in [2.75, 3.05) is 6.61 Å². The molecule has 0 saturated carbocycles. The third kappa shape index (κ3) is 7.86. The SMILES string of the molecule is CCCCCCCOc1ccc(/C=C/C(C)(C)N)cc1C(F)(F)F. The lowest BCUT2D eigenvalue weighted by atomic mass is 10.0. The molecule has 1 aromatic rings. The summed E-state index contributed by atoms with van der Waals surface area (Å²) in [5.74, 6) is -0.109. The van der Waals surface area contributed by atoms with Gasteiger partial charge in [0.15, 0.2) is 0 Å². The van der Waals surface area contributed by atoms with Gasteiger partial charge in [0.2, 0.25) is 0 Å². The van der Waals surface area contributed by atoms with Crippen molar-refractivity contribution in [2.24, 2.45) is 5.73 Å². The molecule has 0 amide bonds. The fourth-order valence-electron chi connectivity index (χ4n) is 2.20. The van der Waals surface area contributed by atoms with Crippen LogP contribution in [-0.4, -0.2) is 12.1 Å². The van der Waals surface area contributed by atoms with Crippen LogP contribution in [0, 0.1) is 0 Å². The summed E-state index contributed by atoms with van der Waals surface area (Å²) in [6.45, 7) is 5.99. The third-order valence-electron chi connectivity index (χ3n) is 3.52. The molecule has 0 aliphatic rings. The minimum Gasteiger partial charge on any atom is -0.493 e. The standard InChI is InChI=1S/C19H28F3NO/c1-4-5-6-7-8-13-24-17-10-9-15(11-12-18(2,3)23)14-16(17)19(20,21)22/h9-12,14H,4-8,13,23H2,1-3H3/b12-11+. The molecule has 2 N–H and O–H groups in total. The maximum atomic E-state index is 13.2. The molecule has 24 heavy (non-hydrogen) atoms. The number of ether oxygens (including phenoxy) is 1. The molecule has 0 radical (unpaired) electrons. The van der Waals surface area contributed by atoms with Gasteiger partial charge in [0.25, 0.3) is 0 Å². The minimum absolute atomic E-state index is 0.109. The van der Waals surface area contributed by atoms with E-state index >= 15 is 0 Å². The number of hydrogen-bond acceptors (Lipinski definition) is 2. The van der Waals surface area contributed by atoms with Crippen molar-refractivity contribution < 1.29 is 17.9 Å². The van der Waals surface area contributed by atoms with Gasteiger partial charge in [-0.25, -0.2) is 0 Å². The van der Waals surface area contributed by atoms with Crippen LogP contribution in [0.3, 0.4) is 0 Å². The van der Waals surface area contributed by atoms with Gasteiger partial charge in [0, 0.05) is 5.54 Å². The highest BCUT2D eigenvalue weighted by atomic mass is 19.4. The Hall–Kier alpha value is -1.49. The molecule has 0 bridgehead atoms. The van der Waals surface area contributed by atoms with Crippen molar-refractivity contribution in [1.29, 1.82) is 0 Å². The average Bonchev–Trinajstić information content (AvgIpc) is 2.47. The Morgan fingerprint density at radius 3 is 2.33 bits per heavy atom. The normalized spacial score (nSPS) is 12.8. The molecule has 0 aliphatic carbocycles. The highest BCUT2D eigenvalue weighted by Gasteiger charge is 2.34. The van der Waals surface area contributed by atoms with Crippen molar-refractivity contribution in [3.05, 3.63) is 35.4 Å². The topological polar surface area (TPSA) is 35.2 Å². The second kappa shape index (κ2) is 9.11. The van der Waals surface area contributed by atoms with Crippen LogP contribution in [-0.2, 0) is 6.18 Å². The second-order valence-electron chi connectivity index (χ2n) is 6.67. The highest BCUT2D eigenvalue weighted by Crippen LogP contribution is 2.37. The fraction of sp³-hybridized carbons (Fsp3) is 0.579. The van der Waals surface area contributed by atoms with Gasteiger partial charge in [-0.2, -0.15) is 13.2 Å². The monoisotopic (exact) mass is 343 g/mol. The summed E-state index contributed by atoms with van der Waals surface area (Å²) < 4.78 is 45.1. The number of hydrogen-bond donors (Lipinski definition) is 1. The number of halogens is 3. The maximum Gasteiger partial charge on any atom is 0.419 e. The van der Waals surface area contributed by atoms with Crippen LogP contribution in [0.15, 0.2) is 24.3 Å². The minimum atomic E-state index is -4.44. The lowest BCUT2D eigenvalue weighted by molar-refractivity contribution is -0.139. The van der Waals surface area contributed by atoms with Gasteiger partial charge in [-0.1, -0.05) is 50.8 Å². The van der Waals surface area contributed by atoms with Gasteiger partial charge in [-0.15, -0.1) is 0 Å². The predicted octanol–water partition coefficient (Wildman–Crippen LogP) is 5.81. The molecule has 2 nitrogen and oxygen atoms in total. The van der Waals surface area contributed by atoms with Crippen molar-refractivity contribution in [1.82, 2.24) is 0 Å². The second-order valence-corrected chi connectivity index (χ2v) is 6.67. The number of benzene rings is 1. The lowest BCUT2D eigenvalue weighted by Crippen LogP contribution is -2.28. The van der Waals surface area contributed by atoms with Gasteiger partial charge in [-0.05, 0) is 38.0 Å². The Labute approximate surface area is 142 Å². The molecule has 0 heterocycles. The van der Waals surface area contributed by atoms with Gasteiger partial charge in [0.05, 0.1) is 12.2 Å². The summed E-state index contributed by atoms with van der Waals surface area (Å²) in [6, 6.07) is 4.11. The van der Waals surface area contributed by atoms with Crippen molar-refractivity contribution in [3.63, 3.8) is 0 Å². The molecule has 0 aromatic heterocycles. The van der Waals surface area contributed by atoms with Crippen molar-refractivity contribution >= 4 is 6.08 Å². The van der Waals surface area contributed by atoms with Gasteiger partial charge < -0.3 is 10.5 Å².